The van der Waals surface area contributed by atoms with E-state index in [1.54, 1.807) is 0 Å². The van der Waals surface area contributed by atoms with Crippen LogP contribution >= 0.6 is 0 Å². The highest BCUT2D eigenvalue weighted by Crippen LogP contribution is 2.26. The van der Waals surface area contributed by atoms with Crippen molar-refractivity contribution in [3.63, 3.8) is 0 Å². The summed E-state index contributed by atoms with van der Waals surface area (Å²) in [5, 5.41) is 22.6. The smallest absolute Gasteiger partial charge is 0.414 e. The maximum absolute atomic E-state index is 9.10. The van der Waals surface area contributed by atoms with Crippen molar-refractivity contribution in [2.75, 3.05) is 32.7 Å². The zero-order valence-electron chi connectivity index (χ0n) is 18.8. The van der Waals surface area contributed by atoms with Crippen LogP contribution in [0.3, 0.4) is 0 Å². The van der Waals surface area contributed by atoms with Crippen LogP contribution in [0.25, 0.3) is 11.1 Å². The number of aliphatic carboxylic acids is 2. The predicted octanol–water partition coefficient (Wildman–Crippen LogP) is 2.90. The lowest BCUT2D eigenvalue weighted by atomic mass is 10.0. The van der Waals surface area contributed by atoms with E-state index in [1.807, 2.05) is 0 Å². The first-order valence-corrected chi connectivity index (χ1v) is 11.0. The zero-order valence-corrected chi connectivity index (χ0v) is 18.8. The number of benzene rings is 2. The number of carbonyl (C=O) groups is 2. The number of H-pyrrole nitrogens is 1. The van der Waals surface area contributed by atoms with E-state index < -0.39 is 11.9 Å². The number of aryl methyl sites for hydroxylation is 1. The Kier molecular flexibility index (Phi) is 8.74. The van der Waals surface area contributed by atoms with Crippen LogP contribution in [0, 0.1) is 6.92 Å². The number of hydrogen-bond donors (Lipinski definition) is 3. The molecular formula is C25H30N4O4. The Morgan fingerprint density at radius 1 is 0.879 bits per heavy atom. The Labute approximate surface area is 193 Å². The van der Waals surface area contributed by atoms with E-state index >= 15 is 0 Å². The number of nitrogens with one attached hydrogen (secondary N) is 1. The second-order valence-corrected chi connectivity index (χ2v) is 8.00. The summed E-state index contributed by atoms with van der Waals surface area (Å²) in [6.07, 6.45) is 1.14. The van der Waals surface area contributed by atoms with Crippen LogP contribution in [0.1, 0.15) is 17.0 Å². The van der Waals surface area contributed by atoms with E-state index in [0.717, 1.165) is 57.1 Å². The Morgan fingerprint density at radius 2 is 1.42 bits per heavy atom. The van der Waals surface area contributed by atoms with Gasteiger partial charge in [0.05, 0.1) is 5.69 Å². The van der Waals surface area contributed by atoms with Crippen molar-refractivity contribution in [2.45, 2.75) is 19.9 Å². The van der Waals surface area contributed by atoms with E-state index in [1.165, 1.54) is 16.7 Å². The van der Waals surface area contributed by atoms with Crippen molar-refractivity contribution in [3.05, 3.63) is 77.6 Å². The van der Waals surface area contributed by atoms with Gasteiger partial charge in [-0.25, -0.2) is 9.59 Å². The maximum atomic E-state index is 9.10. The third-order valence-corrected chi connectivity index (χ3v) is 5.67. The molecule has 174 valence electrons. The van der Waals surface area contributed by atoms with Crippen molar-refractivity contribution in [3.8, 4) is 11.1 Å². The average molecular weight is 451 g/mol. The molecule has 33 heavy (non-hydrogen) atoms. The Bertz CT molecular complexity index is 1020. The molecule has 1 aliphatic rings. The first-order chi connectivity index (χ1) is 15.9. The third kappa shape index (κ3) is 7.27. The lowest BCUT2D eigenvalue weighted by Crippen LogP contribution is -2.46. The molecule has 0 atom stereocenters. The number of nitrogens with zero attached hydrogens (tertiary/aromatic N) is 3. The fourth-order valence-corrected chi connectivity index (χ4v) is 3.90. The van der Waals surface area contributed by atoms with Gasteiger partial charge < -0.3 is 15.1 Å². The summed E-state index contributed by atoms with van der Waals surface area (Å²) in [4.78, 5) is 23.3. The lowest BCUT2D eigenvalue weighted by Gasteiger charge is -2.34. The van der Waals surface area contributed by atoms with Gasteiger partial charge in [0.1, 0.15) is 0 Å². The Hall–Kier alpha value is -3.49. The van der Waals surface area contributed by atoms with Gasteiger partial charge in [0.15, 0.2) is 0 Å². The van der Waals surface area contributed by atoms with Gasteiger partial charge in [-0.05, 0) is 24.5 Å². The van der Waals surface area contributed by atoms with Crippen LogP contribution in [0.15, 0.2) is 60.7 Å². The SMILES string of the molecule is Cc1[nH]nc(CN2CCN(CCc3ccccc3)CC2)c1-c1ccccc1.O=C(O)C(=O)O. The average Bonchev–Trinajstić information content (AvgIpc) is 3.20. The van der Waals surface area contributed by atoms with Gasteiger partial charge in [-0.15, -0.1) is 0 Å². The standard InChI is InChI=1S/C23H28N4.C2H2O4/c1-19-23(21-10-6-3-7-11-21)22(25-24-19)18-27-16-14-26(15-17-27)13-12-20-8-4-2-5-9-20;3-1(4)2(5)6/h2-11H,12-18H2,1H3,(H,24,25);(H,3,4)(H,5,6). The molecule has 2 heterocycles. The van der Waals surface area contributed by atoms with Gasteiger partial charge >= 0.3 is 11.9 Å². The highest BCUT2D eigenvalue weighted by Gasteiger charge is 2.20. The van der Waals surface area contributed by atoms with E-state index in [2.05, 4.69) is 87.6 Å². The number of rotatable bonds is 6. The summed E-state index contributed by atoms with van der Waals surface area (Å²) in [7, 11) is 0. The summed E-state index contributed by atoms with van der Waals surface area (Å²) in [5.41, 5.74) is 6.26. The van der Waals surface area contributed by atoms with E-state index in [9.17, 15) is 0 Å². The summed E-state index contributed by atoms with van der Waals surface area (Å²) in [5.74, 6) is -3.65. The summed E-state index contributed by atoms with van der Waals surface area (Å²) in [6.45, 7) is 8.66. The Balaban J connectivity index is 0.000000454. The number of piperazine rings is 1. The minimum Gasteiger partial charge on any atom is -0.473 e. The summed E-state index contributed by atoms with van der Waals surface area (Å²) in [6, 6.07) is 21.4. The Morgan fingerprint density at radius 3 is 2.00 bits per heavy atom. The fraction of sp³-hybridized carbons (Fsp3) is 0.320. The van der Waals surface area contributed by atoms with E-state index in [-0.39, 0.29) is 0 Å². The van der Waals surface area contributed by atoms with Crippen LogP contribution in [0.5, 0.6) is 0 Å². The fourth-order valence-electron chi connectivity index (χ4n) is 3.90. The van der Waals surface area contributed by atoms with Crippen LogP contribution in [-0.2, 0) is 22.6 Å². The maximum Gasteiger partial charge on any atom is 0.414 e. The molecule has 3 N–H and O–H groups in total. The first kappa shape index (κ1) is 24.2. The van der Waals surface area contributed by atoms with Crippen LogP contribution in [0.2, 0.25) is 0 Å². The normalized spacial score (nSPS) is 14.3. The topological polar surface area (TPSA) is 110 Å². The molecule has 8 heteroatoms. The van der Waals surface area contributed by atoms with Crippen molar-refractivity contribution in [2.24, 2.45) is 0 Å². The molecule has 8 nitrogen and oxygen atoms in total. The second kappa shape index (κ2) is 11.9. The lowest BCUT2D eigenvalue weighted by molar-refractivity contribution is -0.159. The molecular weight excluding hydrogens is 420 g/mol. The molecule has 2 aromatic carbocycles. The molecule has 0 unspecified atom stereocenters. The largest absolute Gasteiger partial charge is 0.473 e. The predicted molar refractivity (Wildman–Crippen MR) is 126 cm³/mol. The molecule has 1 fully saturated rings. The minimum absolute atomic E-state index is 0.918. The van der Waals surface area contributed by atoms with Crippen molar-refractivity contribution in [1.29, 1.82) is 0 Å². The highest BCUT2D eigenvalue weighted by molar-refractivity contribution is 6.27. The molecule has 0 spiro atoms. The molecule has 4 rings (SSSR count). The third-order valence-electron chi connectivity index (χ3n) is 5.67. The van der Waals surface area contributed by atoms with Crippen LogP contribution < -0.4 is 0 Å². The summed E-state index contributed by atoms with van der Waals surface area (Å²) < 4.78 is 0. The molecule has 0 aliphatic carbocycles. The number of aromatic nitrogens is 2. The van der Waals surface area contributed by atoms with Gasteiger partial charge in [0.25, 0.3) is 0 Å². The van der Waals surface area contributed by atoms with Crippen LogP contribution in [-0.4, -0.2) is 74.9 Å². The number of carboxylic acids is 2. The molecule has 3 aromatic rings. The van der Waals surface area contributed by atoms with Crippen molar-refractivity contribution >= 4 is 11.9 Å². The van der Waals surface area contributed by atoms with Crippen molar-refractivity contribution < 1.29 is 19.8 Å². The molecule has 0 bridgehead atoms. The zero-order chi connectivity index (χ0) is 23.6. The monoisotopic (exact) mass is 450 g/mol. The molecule has 1 saturated heterocycles. The highest BCUT2D eigenvalue weighted by atomic mass is 16.4. The number of hydrogen-bond acceptors (Lipinski definition) is 5. The molecule has 0 amide bonds. The summed E-state index contributed by atoms with van der Waals surface area (Å²) >= 11 is 0. The number of aromatic amines is 1. The molecule has 1 aliphatic heterocycles. The van der Waals surface area contributed by atoms with Gasteiger partial charge in [0, 0.05) is 50.5 Å². The van der Waals surface area contributed by atoms with E-state index in [4.69, 9.17) is 19.8 Å². The van der Waals surface area contributed by atoms with Gasteiger partial charge in [-0.1, -0.05) is 60.7 Å². The minimum atomic E-state index is -1.82. The molecule has 0 saturated carbocycles. The molecule has 1 aromatic heterocycles. The van der Waals surface area contributed by atoms with Gasteiger partial charge in [0.2, 0.25) is 0 Å². The second-order valence-electron chi connectivity index (χ2n) is 8.00. The van der Waals surface area contributed by atoms with E-state index in [0.29, 0.717) is 0 Å². The quantitative estimate of drug-likeness (QED) is 0.495. The van der Waals surface area contributed by atoms with Gasteiger partial charge in [-0.3, -0.25) is 10.00 Å². The van der Waals surface area contributed by atoms with Gasteiger partial charge in [-0.2, -0.15) is 5.10 Å². The van der Waals surface area contributed by atoms with Crippen molar-refractivity contribution in [1.82, 2.24) is 20.0 Å². The van der Waals surface area contributed by atoms with Crippen LogP contribution in [0.4, 0.5) is 0 Å². The molecule has 0 radical (unpaired) electrons. The number of carboxylic acid groups (broad SMARTS) is 2. The first-order valence-electron chi connectivity index (χ1n) is 11.0.